The molecule has 21 heavy (non-hydrogen) atoms. The Hall–Kier alpha value is -2.07. The molecule has 0 radical (unpaired) electrons. The van der Waals surface area contributed by atoms with Gasteiger partial charge in [-0.25, -0.2) is 4.98 Å². The number of ether oxygens (including phenoxy) is 1. The number of para-hydroxylation sites is 1. The first kappa shape index (κ1) is 13.9. The van der Waals surface area contributed by atoms with E-state index in [1.54, 1.807) is 12.3 Å². The van der Waals surface area contributed by atoms with Crippen molar-refractivity contribution in [3.8, 4) is 5.75 Å². The third-order valence-electron chi connectivity index (χ3n) is 3.76. The molecule has 2 heterocycles. The van der Waals surface area contributed by atoms with Crippen LogP contribution in [-0.4, -0.2) is 15.7 Å². The summed E-state index contributed by atoms with van der Waals surface area (Å²) in [6, 6.07) is 9.62. The van der Waals surface area contributed by atoms with E-state index in [1.807, 2.05) is 18.2 Å². The topological polar surface area (TPSA) is 68.4 Å². The minimum Gasteiger partial charge on any atom is -0.487 e. The molecule has 0 spiro atoms. The summed E-state index contributed by atoms with van der Waals surface area (Å²) in [6.07, 6.45) is 2.40. The first-order valence-corrected chi connectivity index (χ1v) is 7.14. The van der Waals surface area contributed by atoms with Gasteiger partial charge in [0.1, 0.15) is 17.2 Å². The van der Waals surface area contributed by atoms with Crippen molar-refractivity contribution in [1.82, 2.24) is 4.98 Å². The molecule has 3 N–H and O–H groups in total. The maximum absolute atomic E-state index is 10.6. The first-order valence-electron chi connectivity index (χ1n) is 7.14. The molecule has 4 nitrogen and oxygen atoms in total. The number of aromatic nitrogens is 1. The second kappa shape index (κ2) is 5.04. The van der Waals surface area contributed by atoms with Crippen LogP contribution in [0.3, 0.4) is 0 Å². The van der Waals surface area contributed by atoms with E-state index in [4.69, 9.17) is 10.5 Å². The molecule has 0 saturated carbocycles. The molecule has 0 bridgehead atoms. The zero-order valence-electron chi connectivity index (χ0n) is 12.3. The number of aliphatic hydroxyl groups excluding tert-OH is 1. The Morgan fingerprint density at radius 3 is 2.95 bits per heavy atom. The summed E-state index contributed by atoms with van der Waals surface area (Å²) in [7, 11) is 0. The predicted molar refractivity (Wildman–Crippen MR) is 82.2 cm³/mol. The number of nitrogen functional groups attached to an aromatic ring is 1. The van der Waals surface area contributed by atoms with E-state index < -0.39 is 6.10 Å². The third kappa shape index (κ3) is 2.85. The number of pyridine rings is 1. The third-order valence-corrected chi connectivity index (χ3v) is 3.76. The lowest BCUT2D eigenvalue weighted by molar-refractivity contribution is 0.126. The van der Waals surface area contributed by atoms with Crippen molar-refractivity contribution < 1.29 is 9.84 Å². The number of aliphatic hydroxyl groups is 1. The van der Waals surface area contributed by atoms with Crippen LogP contribution in [0.5, 0.6) is 5.75 Å². The van der Waals surface area contributed by atoms with Crippen LogP contribution in [0.2, 0.25) is 0 Å². The highest BCUT2D eigenvalue weighted by Gasteiger charge is 2.32. The lowest BCUT2D eigenvalue weighted by Gasteiger charge is -2.20. The van der Waals surface area contributed by atoms with Gasteiger partial charge in [0.15, 0.2) is 0 Å². The molecule has 110 valence electrons. The molecule has 1 aliphatic rings. The molecular weight excluding hydrogens is 264 g/mol. The molecule has 0 aliphatic carbocycles. The molecule has 1 atom stereocenters. The number of anilines is 1. The fourth-order valence-corrected chi connectivity index (χ4v) is 2.86. The van der Waals surface area contributed by atoms with Gasteiger partial charge in [0.2, 0.25) is 0 Å². The summed E-state index contributed by atoms with van der Waals surface area (Å²) in [5.41, 5.74) is 8.43. The summed E-state index contributed by atoms with van der Waals surface area (Å²) in [6.45, 7) is 4.12. The number of fused-ring (bicyclic) bond motifs is 1. The Kier molecular flexibility index (Phi) is 3.33. The van der Waals surface area contributed by atoms with Crippen LogP contribution in [0.25, 0.3) is 0 Å². The number of hydrogen-bond acceptors (Lipinski definition) is 4. The molecule has 2 aromatic rings. The molecule has 1 aromatic heterocycles. The SMILES string of the molecule is CC1(C)Cc2cccc(C(O)Cc3ccnc(N)c3)c2O1. The van der Waals surface area contributed by atoms with E-state index in [0.717, 1.165) is 28.9 Å². The normalized spacial score (nSPS) is 17.1. The highest BCUT2D eigenvalue weighted by atomic mass is 16.5. The van der Waals surface area contributed by atoms with E-state index in [9.17, 15) is 5.11 Å². The molecule has 0 fully saturated rings. The molecule has 1 aliphatic heterocycles. The molecule has 0 amide bonds. The van der Waals surface area contributed by atoms with Crippen LogP contribution in [0, 0.1) is 0 Å². The van der Waals surface area contributed by atoms with Crippen LogP contribution < -0.4 is 10.5 Å². The summed E-state index contributed by atoms with van der Waals surface area (Å²) in [5.74, 6) is 1.30. The first-order chi connectivity index (χ1) is 9.94. The maximum Gasteiger partial charge on any atom is 0.129 e. The van der Waals surface area contributed by atoms with Crippen molar-refractivity contribution in [2.24, 2.45) is 0 Å². The van der Waals surface area contributed by atoms with Crippen molar-refractivity contribution in [3.05, 3.63) is 53.2 Å². The average Bonchev–Trinajstić information content (AvgIpc) is 2.72. The Morgan fingerprint density at radius 2 is 2.19 bits per heavy atom. The maximum atomic E-state index is 10.6. The number of rotatable bonds is 3. The van der Waals surface area contributed by atoms with E-state index in [-0.39, 0.29) is 5.60 Å². The van der Waals surface area contributed by atoms with E-state index >= 15 is 0 Å². The van der Waals surface area contributed by atoms with Gasteiger partial charge in [0.05, 0.1) is 6.10 Å². The van der Waals surface area contributed by atoms with Gasteiger partial charge >= 0.3 is 0 Å². The lowest BCUT2D eigenvalue weighted by Crippen LogP contribution is -2.25. The van der Waals surface area contributed by atoms with Crippen molar-refractivity contribution in [3.63, 3.8) is 0 Å². The monoisotopic (exact) mass is 284 g/mol. The standard InChI is InChI=1S/C17H20N2O2/c1-17(2)10-12-4-3-5-13(16(12)21-17)14(20)8-11-6-7-19-15(18)9-11/h3-7,9,14,20H,8,10H2,1-2H3,(H2,18,19). The van der Waals surface area contributed by atoms with E-state index in [2.05, 4.69) is 24.9 Å². The fourth-order valence-electron chi connectivity index (χ4n) is 2.86. The van der Waals surface area contributed by atoms with Gasteiger partial charge in [-0.3, -0.25) is 0 Å². The van der Waals surface area contributed by atoms with Crippen molar-refractivity contribution in [2.75, 3.05) is 5.73 Å². The zero-order chi connectivity index (χ0) is 15.0. The van der Waals surface area contributed by atoms with Gasteiger partial charge in [0, 0.05) is 24.6 Å². The fraction of sp³-hybridized carbons (Fsp3) is 0.353. The minimum absolute atomic E-state index is 0.209. The molecule has 0 saturated heterocycles. The molecular formula is C17H20N2O2. The number of nitrogens with zero attached hydrogens (tertiary/aromatic N) is 1. The number of hydrogen-bond donors (Lipinski definition) is 2. The van der Waals surface area contributed by atoms with Crippen LogP contribution >= 0.6 is 0 Å². The van der Waals surface area contributed by atoms with Gasteiger partial charge in [-0.15, -0.1) is 0 Å². The van der Waals surface area contributed by atoms with Crippen molar-refractivity contribution in [2.45, 2.75) is 38.4 Å². The summed E-state index contributed by atoms with van der Waals surface area (Å²) in [5, 5.41) is 10.6. The van der Waals surface area contributed by atoms with Gasteiger partial charge < -0.3 is 15.6 Å². The Balaban J connectivity index is 1.87. The summed E-state index contributed by atoms with van der Waals surface area (Å²) < 4.78 is 6.01. The average molecular weight is 284 g/mol. The highest BCUT2D eigenvalue weighted by Crippen LogP contribution is 2.40. The molecule has 1 aromatic carbocycles. The number of nitrogens with two attached hydrogens (primary N) is 1. The molecule has 1 unspecified atom stereocenters. The Bertz CT molecular complexity index is 668. The zero-order valence-corrected chi connectivity index (χ0v) is 12.3. The Labute approximate surface area is 124 Å². The second-order valence-electron chi connectivity index (χ2n) is 6.18. The van der Waals surface area contributed by atoms with Crippen LogP contribution in [0.15, 0.2) is 36.5 Å². The van der Waals surface area contributed by atoms with Gasteiger partial charge in [-0.1, -0.05) is 18.2 Å². The smallest absolute Gasteiger partial charge is 0.129 e. The van der Waals surface area contributed by atoms with E-state index in [1.165, 1.54) is 0 Å². The van der Waals surface area contributed by atoms with Crippen LogP contribution in [-0.2, 0) is 12.8 Å². The number of benzene rings is 1. The van der Waals surface area contributed by atoms with Gasteiger partial charge in [0.25, 0.3) is 0 Å². The van der Waals surface area contributed by atoms with E-state index in [0.29, 0.717) is 12.2 Å². The van der Waals surface area contributed by atoms with Crippen molar-refractivity contribution >= 4 is 5.82 Å². The highest BCUT2D eigenvalue weighted by molar-refractivity contribution is 5.47. The van der Waals surface area contributed by atoms with Gasteiger partial charge in [-0.05, 0) is 37.1 Å². The van der Waals surface area contributed by atoms with Crippen LogP contribution in [0.4, 0.5) is 5.82 Å². The second-order valence-corrected chi connectivity index (χ2v) is 6.18. The predicted octanol–water partition coefficient (Wildman–Crippen LogP) is 2.65. The van der Waals surface area contributed by atoms with Gasteiger partial charge in [-0.2, -0.15) is 0 Å². The summed E-state index contributed by atoms with van der Waals surface area (Å²) in [4.78, 5) is 3.97. The minimum atomic E-state index is -0.615. The molecule has 3 rings (SSSR count). The lowest BCUT2D eigenvalue weighted by atomic mass is 9.97. The van der Waals surface area contributed by atoms with Crippen molar-refractivity contribution in [1.29, 1.82) is 0 Å². The Morgan fingerprint density at radius 1 is 1.38 bits per heavy atom. The molecule has 4 heteroatoms. The largest absolute Gasteiger partial charge is 0.487 e. The van der Waals surface area contributed by atoms with Crippen LogP contribution in [0.1, 0.15) is 36.6 Å². The quantitative estimate of drug-likeness (QED) is 0.909. The summed E-state index contributed by atoms with van der Waals surface area (Å²) >= 11 is 0.